The van der Waals surface area contributed by atoms with E-state index in [4.69, 9.17) is 14.2 Å². The smallest absolute Gasteiger partial charge is 0.306 e. The molecule has 0 aliphatic rings. The van der Waals surface area contributed by atoms with Crippen LogP contribution < -0.4 is 0 Å². The molecular formula is C50H86O6. The zero-order valence-electron chi connectivity index (χ0n) is 36.6. The van der Waals surface area contributed by atoms with Crippen LogP contribution in [0.4, 0.5) is 0 Å². The Kier molecular flexibility index (Phi) is 42.5. The first-order valence-corrected chi connectivity index (χ1v) is 23.3. The molecule has 0 rings (SSSR count). The van der Waals surface area contributed by atoms with Crippen LogP contribution >= 0.6 is 0 Å². The summed E-state index contributed by atoms with van der Waals surface area (Å²) >= 11 is 0. The van der Waals surface area contributed by atoms with Gasteiger partial charge < -0.3 is 14.2 Å². The maximum atomic E-state index is 12.7. The molecule has 322 valence electrons. The SMILES string of the molecule is CC/C=C\C/C=C\C/C=C\C/C=C\C/C=C\CCCCCC(=O)OCC(COC(=O)CCCCCCCCC)OC(=O)CCCCCCCCCCCCCC. The maximum absolute atomic E-state index is 12.7. The van der Waals surface area contributed by atoms with Gasteiger partial charge in [-0.05, 0) is 64.2 Å². The Bertz CT molecular complexity index is 1040. The van der Waals surface area contributed by atoms with Crippen molar-refractivity contribution in [2.45, 2.75) is 226 Å². The topological polar surface area (TPSA) is 78.9 Å². The summed E-state index contributed by atoms with van der Waals surface area (Å²) in [7, 11) is 0. The van der Waals surface area contributed by atoms with Gasteiger partial charge in [-0.3, -0.25) is 14.4 Å². The zero-order chi connectivity index (χ0) is 40.8. The lowest BCUT2D eigenvalue weighted by molar-refractivity contribution is -0.167. The third kappa shape index (κ3) is 42.3. The minimum absolute atomic E-state index is 0.0833. The van der Waals surface area contributed by atoms with Crippen LogP contribution in [0, 0.1) is 0 Å². The molecule has 0 radical (unpaired) electrons. The van der Waals surface area contributed by atoms with Crippen LogP contribution in [0.2, 0.25) is 0 Å². The molecule has 1 atom stereocenters. The number of esters is 3. The van der Waals surface area contributed by atoms with Gasteiger partial charge in [-0.15, -0.1) is 0 Å². The Hall–Kier alpha value is -2.89. The molecule has 1 unspecified atom stereocenters. The average Bonchev–Trinajstić information content (AvgIpc) is 3.19. The number of carbonyl (C=O) groups is 3. The molecule has 0 saturated carbocycles. The molecule has 0 heterocycles. The molecule has 0 amide bonds. The van der Waals surface area contributed by atoms with Crippen molar-refractivity contribution < 1.29 is 28.6 Å². The van der Waals surface area contributed by atoms with Crippen molar-refractivity contribution in [3.05, 3.63) is 60.8 Å². The molecule has 6 nitrogen and oxygen atoms in total. The molecule has 0 spiro atoms. The molecule has 0 N–H and O–H groups in total. The van der Waals surface area contributed by atoms with Crippen LogP contribution in [-0.4, -0.2) is 37.2 Å². The standard InChI is InChI=1S/C50H86O6/c1-4-7-10-13-16-18-20-22-23-24-25-26-27-28-30-31-34-37-40-43-49(52)55-46-47(45-54-48(51)42-39-36-33-15-12-9-6-3)56-50(53)44-41-38-35-32-29-21-19-17-14-11-8-5-2/h7,10,16,18,22-23,25-26,28,30,47H,4-6,8-9,11-15,17,19-21,24,27,29,31-46H2,1-3H3/b10-7-,18-16-,23-22-,26-25-,30-28-. The summed E-state index contributed by atoms with van der Waals surface area (Å²) in [5, 5.41) is 0. The van der Waals surface area contributed by atoms with E-state index < -0.39 is 6.10 Å². The van der Waals surface area contributed by atoms with Crippen LogP contribution in [0.1, 0.15) is 220 Å². The van der Waals surface area contributed by atoms with Gasteiger partial charge in [0.05, 0.1) is 0 Å². The third-order valence-electron chi connectivity index (χ3n) is 9.79. The number of allylic oxidation sites excluding steroid dienone is 10. The van der Waals surface area contributed by atoms with E-state index in [2.05, 4.69) is 81.5 Å². The van der Waals surface area contributed by atoms with Crippen molar-refractivity contribution in [2.24, 2.45) is 0 Å². The van der Waals surface area contributed by atoms with E-state index in [0.717, 1.165) is 96.3 Å². The van der Waals surface area contributed by atoms with Gasteiger partial charge in [0.2, 0.25) is 0 Å². The zero-order valence-corrected chi connectivity index (χ0v) is 36.6. The number of hydrogen-bond acceptors (Lipinski definition) is 6. The molecular weight excluding hydrogens is 697 g/mol. The van der Waals surface area contributed by atoms with E-state index in [-0.39, 0.29) is 31.1 Å². The van der Waals surface area contributed by atoms with Gasteiger partial charge in [0, 0.05) is 19.3 Å². The Balaban J connectivity index is 4.34. The average molecular weight is 783 g/mol. The van der Waals surface area contributed by atoms with Crippen molar-refractivity contribution in [3.63, 3.8) is 0 Å². The van der Waals surface area contributed by atoms with Crippen molar-refractivity contribution in [1.82, 2.24) is 0 Å². The van der Waals surface area contributed by atoms with Crippen molar-refractivity contribution in [3.8, 4) is 0 Å². The second kappa shape index (κ2) is 44.8. The first-order chi connectivity index (χ1) is 27.5. The van der Waals surface area contributed by atoms with Gasteiger partial charge in [0.15, 0.2) is 6.10 Å². The summed E-state index contributed by atoms with van der Waals surface area (Å²) in [6, 6.07) is 0. The molecule has 0 aromatic carbocycles. The normalized spacial score (nSPS) is 12.6. The van der Waals surface area contributed by atoms with E-state index in [1.807, 2.05) is 0 Å². The molecule has 0 aliphatic heterocycles. The molecule has 0 fully saturated rings. The van der Waals surface area contributed by atoms with E-state index in [0.29, 0.717) is 19.3 Å². The predicted octanol–water partition coefficient (Wildman–Crippen LogP) is 14.9. The predicted molar refractivity (Wildman–Crippen MR) is 238 cm³/mol. The van der Waals surface area contributed by atoms with Gasteiger partial charge in [0.25, 0.3) is 0 Å². The maximum Gasteiger partial charge on any atom is 0.306 e. The highest BCUT2D eigenvalue weighted by Crippen LogP contribution is 2.14. The lowest BCUT2D eigenvalue weighted by Gasteiger charge is -2.18. The fraction of sp³-hybridized carbons (Fsp3) is 0.740. The number of carbonyl (C=O) groups excluding carboxylic acids is 3. The van der Waals surface area contributed by atoms with Gasteiger partial charge in [-0.1, -0.05) is 197 Å². The second-order valence-corrected chi connectivity index (χ2v) is 15.3. The minimum Gasteiger partial charge on any atom is -0.462 e. The van der Waals surface area contributed by atoms with Gasteiger partial charge in [0.1, 0.15) is 13.2 Å². The number of unbranched alkanes of at least 4 members (excludes halogenated alkanes) is 20. The van der Waals surface area contributed by atoms with E-state index in [9.17, 15) is 14.4 Å². The fourth-order valence-corrected chi connectivity index (χ4v) is 6.29. The Morgan fingerprint density at radius 1 is 0.375 bits per heavy atom. The molecule has 0 saturated heterocycles. The van der Waals surface area contributed by atoms with Crippen LogP contribution in [0.3, 0.4) is 0 Å². The van der Waals surface area contributed by atoms with Crippen LogP contribution in [0.5, 0.6) is 0 Å². The fourth-order valence-electron chi connectivity index (χ4n) is 6.29. The van der Waals surface area contributed by atoms with Crippen LogP contribution in [0.25, 0.3) is 0 Å². The van der Waals surface area contributed by atoms with E-state index >= 15 is 0 Å². The summed E-state index contributed by atoms with van der Waals surface area (Å²) in [4.78, 5) is 37.6. The molecule has 0 aromatic heterocycles. The summed E-state index contributed by atoms with van der Waals surface area (Å²) < 4.78 is 16.6. The number of rotatable bonds is 41. The third-order valence-corrected chi connectivity index (χ3v) is 9.79. The first kappa shape index (κ1) is 53.1. The molecule has 0 bridgehead atoms. The highest BCUT2D eigenvalue weighted by Gasteiger charge is 2.19. The Labute approximate surface area is 345 Å². The van der Waals surface area contributed by atoms with Crippen molar-refractivity contribution >= 4 is 17.9 Å². The van der Waals surface area contributed by atoms with Gasteiger partial charge in [-0.25, -0.2) is 0 Å². The molecule has 0 aromatic rings. The largest absolute Gasteiger partial charge is 0.462 e. The molecule has 0 aliphatic carbocycles. The van der Waals surface area contributed by atoms with Gasteiger partial charge >= 0.3 is 17.9 Å². The summed E-state index contributed by atoms with van der Waals surface area (Å²) in [6.45, 7) is 6.44. The lowest BCUT2D eigenvalue weighted by atomic mass is 10.0. The molecule has 6 heteroatoms. The Morgan fingerprint density at radius 3 is 1.09 bits per heavy atom. The molecule has 56 heavy (non-hydrogen) atoms. The first-order valence-electron chi connectivity index (χ1n) is 23.3. The second-order valence-electron chi connectivity index (χ2n) is 15.3. The van der Waals surface area contributed by atoms with Crippen molar-refractivity contribution in [1.29, 1.82) is 0 Å². The van der Waals surface area contributed by atoms with Crippen molar-refractivity contribution in [2.75, 3.05) is 13.2 Å². The minimum atomic E-state index is -0.780. The number of hydrogen-bond donors (Lipinski definition) is 0. The lowest BCUT2D eigenvalue weighted by Crippen LogP contribution is -2.30. The highest BCUT2D eigenvalue weighted by molar-refractivity contribution is 5.71. The van der Waals surface area contributed by atoms with Crippen LogP contribution in [-0.2, 0) is 28.6 Å². The summed E-state index contributed by atoms with van der Waals surface area (Å²) in [6.07, 6.45) is 53.6. The van der Waals surface area contributed by atoms with Gasteiger partial charge in [-0.2, -0.15) is 0 Å². The number of ether oxygens (including phenoxy) is 3. The Morgan fingerprint density at radius 2 is 0.696 bits per heavy atom. The summed E-state index contributed by atoms with van der Waals surface area (Å²) in [5.41, 5.74) is 0. The van der Waals surface area contributed by atoms with Crippen LogP contribution in [0.15, 0.2) is 60.8 Å². The quantitative estimate of drug-likeness (QED) is 0.0266. The highest BCUT2D eigenvalue weighted by atomic mass is 16.6. The summed E-state index contributed by atoms with van der Waals surface area (Å²) in [5.74, 6) is -0.924. The monoisotopic (exact) mass is 783 g/mol. The van der Waals surface area contributed by atoms with E-state index in [1.165, 1.54) is 83.5 Å². The van der Waals surface area contributed by atoms with E-state index in [1.54, 1.807) is 0 Å².